The third-order valence-corrected chi connectivity index (χ3v) is 2.33. The number of nitrogens with zero attached hydrogens (tertiary/aromatic N) is 1. The van der Waals surface area contributed by atoms with Gasteiger partial charge in [0.15, 0.2) is 0 Å². The maximum atomic E-state index is 4.08. The summed E-state index contributed by atoms with van der Waals surface area (Å²) in [5.74, 6) is 0. The van der Waals surface area contributed by atoms with E-state index in [0.717, 1.165) is 13.1 Å². The van der Waals surface area contributed by atoms with E-state index >= 15 is 0 Å². The van der Waals surface area contributed by atoms with Crippen molar-refractivity contribution in [1.29, 1.82) is 0 Å². The van der Waals surface area contributed by atoms with Crippen LogP contribution in [-0.2, 0) is 6.54 Å². The van der Waals surface area contributed by atoms with Crippen molar-refractivity contribution in [2.75, 3.05) is 6.54 Å². The zero-order valence-corrected chi connectivity index (χ0v) is 10.1. The van der Waals surface area contributed by atoms with Gasteiger partial charge in [0.25, 0.3) is 0 Å². The first-order valence-electron chi connectivity index (χ1n) is 5.67. The number of pyridine rings is 1. The minimum absolute atomic E-state index is 0.454. The molecule has 0 aliphatic rings. The molecule has 0 unspecified atom stereocenters. The highest BCUT2D eigenvalue weighted by Crippen LogP contribution is 2.19. The summed E-state index contributed by atoms with van der Waals surface area (Å²) in [5, 5.41) is 3.43. The molecule has 0 fully saturated rings. The summed E-state index contributed by atoms with van der Waals surface area (Å²) in [6.07, 6.45) is 6.23. The van der Waals surface area contributed by atoms with Crippen molar-refractivity contribution < 1.29 is 0 Å². The molecule has 0 amide bonds. The predicted octanol–water partition coefficient (Wildman–Crippen LogP) is 3.00. The van der Waals surface area contributed by atoms with Crippen LogP contribution in [0, 0.1) is 5.41 Å². The maximum absolute atomic E-state index is 4.08. The largest absolute Gasteiger partial charge is 0.313 e. The highest BCUT2D eigenvalue weighted by molar-refractivity contribution is 5.07. The first-order valence-corrected chi connectivity index (χ1v) is 5.67. The molecule has 1 rings (SSSR count). The molecule has 0 saturated carbocycles. The molecule has 15 heavy (non-hydrogen) atoms. The van der Waals surface area contributed by atoms with E-state index in [9.17, 15) is 0 Å². The van der Waals surface area contributed by atoms with Crippen LogP contribution >= 0.6 is 0 Å². The molecule has 0 spiro atoms. The van der Waals surface area contributed by atoms with Gasteiger partial charge in [0.1, 0.15) is 0 Å². The van der Waals surface area contributed by atoms with Gasteiger partial charge in [-0.25, -0.2) is 0 Å². The maximum Gasteiger partial charge on any atom is 0.0312 e. The Balaban J connectivity index is 2.08. The highest BCUT2D eigenvalue weighted by Gasteiger charge is 2.08. The quantitative estimate of drug-likeness (QED) is 0.749. The fourth-order valence-electron chi connectivity index (χ4n) is 1.48. The third-order valence-electron chi connectivity index (χ3n) is 2.33. The Hall–Kier alpha value is -0.890. The molecule has 2 nitrogen and oxygen atoms in total. The van der Waals surface area contributed by atoms with Crippen molar-refractivity contribution in [1.82, 2.24) is 10.3 Å². The molecule has 0 aliphatic heterocycles. The Morgan fingerprint density at radius 3 is 2.73 bits per heavy atom. The summed E-state index contributed by atoms with van der Waals surface area (Å²) >= 11 is 0. The van der Waals surface area contributed by atoms with Gasteiger partial charge >= 0.3 is 0 Å². The molecule has 1 aromatic heterocycles. The van der Waals surface area contributed by atoms with Crippen LogP contribution in [0.3, 0.4) is 0 Å². The Morgan fingerprint density at radius 2 is 2.13 bits per heavy atom. The van der Waals surface area contributed by atoms with E-state index in [4.69, 9.17) is 0 Å². The summed E-state index contributed by atoms with van der Waals surface area (Å²) in [6, 6.07) is 4.08. The van der Waals surface area contributed by atoms with Gasteiger partial charge < -0.3 is 5.32 Å². The molecule has 1 aromatic rings. The standard InChI is InChI=1S/C13H22N2/c1-13(2,3)7-5-9-15-11-12-6-4-8-14-10-12/h4,6,8,10,15H,5,7,9,11H2,1-3H3. The van der Waals surface area contributed by atoms with Crippen LogP contribution in [0.2, 0.25) is 0 Å². The summed E-state index contributed by atoms with van der Waals surface area (Å²) in [4.78, 5) is 4.08. The summed E-state index contributed by atoms with van der Waals surface area (Å²) in [6.45, 7) is 8.88. The predicted molar refractivity (Wildman–Crippen MR) is 64.6 cm³/mol. The summed E-state index contributed by atoms with van der Waals surface area (Å²) in [7, 11) is 0. The lowest BCUT2D eigenvalue weighted by atomic mass is 9.91. The van der Waals surface area contributed by atoms with Crippen molar-refractivity contribution in [2.24, 2.45) is 5.41 Å². The van der Waals surface area contributed by atoms with Gasteiger partial charge in [0.2, 0.25) is 0 Å². The fourth-order valence-corrected chi connectivity index (χ4v) is 1.48. The van der Waals surface area contributed by atoms with Crippen LogP contribution in [0.4, 0.5) is 0 Å². The van der Waals surface area contributed by atoms with Crippen molar-refractivity contribution in [3.05, 3.63) is 30.1 Å². The van der Waals surface area contributed by atoms with Gasteiger partial charge in [-0.15, -0.1) is 0 Å². The second-order valence-electron chi connectivity index (χ2n) is 5.20. The lowest BCUT2D eigenvalue weighted by Gasteiger charge is -2.17. The molecule has 2 heteroatoms. The Morgan fingerprint density at radius 1 is 1.33 bits per heavy atom. The van der Waals surface area contributed by atoms with Gasteiger partial charge in [-0.3, -0.25) is 4.98 Å². The van der Waals surface area contributed by atoms with Crippen molar-refractivity contribution in [2.45, 2.75) is 40.2 Å². The summed E-state index contributed by atoms with van der Waals surface area (Å²) < 4.78 is 0. The van der Waals surface area contributed by atoms with E-state index in [-0.39, 0.29) is 0 Å². The molecule has 0 bridgehead atoms. The van der Waals surface area contributed by atoms with E-state index in [0.29, 0.717) is 5.41 Å². The number of hydrogen-bond donors (Lipinski definition) is 1. The van der Waals surface area contributed by atoms with E-state index in [1.54, 1.807) is 0 Å². The average Bonchev–Trinajstić information content (AvgIpc) is 2.17. The monoisotopic (exact) mass is 206 g/mol. The van der Waals surface area contributed by atoms with E-state index in [2.05, 4.69) is 37.1 Å². The van der Waals surface area contributed by atoms with Gasteiger partial charge in [-0.2, -0.15) is 0 Å². The first-order chi connectivity index (χ1) is 7.08. The zero-order chi connectivity index (χ0) is 11.1. The van der Waals surface area contributed by atoms with E-state index in [1.807, 2.05) is 18.5 Å². The molecule has 0 atom stereocenters. The van der Waals surface area contributed by atoms with Crippen molar-refractivity contribution in [3.8, 4) is 0 Å². The second-order valence-corrected chi connectivity index (χ2v) is 5.20. The molecule has 84 valence electrons. The van der Waals surface area contributed by atoms with Gasteiger partial charge in [-0.1, -0.05) is 26.8 Å². The molecule has 0 saturated heterocycles. The second kappa shape index (κ2) is 5.86. The number of hydrogen-bond acceptors (Lipinski definition) is 2. The lowest BCUT2D eigenvalue weighted by molar-refractivity contribution is 0.361. The first kappa shape index (κ1) is 12.2. The Kier molecular flexibility index (Phi) is 4.76. The average molecular weight is 206 g/mol. The van der Waals surface area contributed by atoms with Crippen LogP contribution in [0.15, 0.2) is 24.5 Å². The molecular weight excluding hydrogens is 184 g/mol. The molecule has 0 aromatic carbocycles. The minimum Gasteiger partial charge on any atom is -0.313 e. The molecule has 1 N–H and O–H groups in total. The number of aromatic nitrogens is 1. The smallest absolute Gasteiger partial charge is 0.0312 e. The SMILES string of the molecule is CC(C)(C)CCCNCc1cccnc1. The zero-order valence-electron chi connectivity index (χ0n) is 10.1. The molecular formula is C13H22N2. The van der Waals surface area contributed by atoms with Gasteiger partial charge in [0, 0.05) is 18.9 Å². The molecule has 1 heterocycles. The van der Waals surface area contributed by atoms with Crippen LogP contribution in [0.1, 0.15) is 39.2 Å². The summed E-state index contributed by atoms with van der Waals surface area (Å²) in [5.41, 5.74) is 1.71. The third kappa shape index (κ3) is 6.24. The van der Waals surface area contributed by atoms with Crippen molar-refractivity contribution in [3.63, 3.8) is 0 Å². The minimum atomic E-state index is 0.454. The Labute approximate surface area is 93.1 Å². The lowest BCUT2D eigenvalue weighted by Crippen LogP contribution is -2.17. The van der Waals surface area contributed by atoms with Crippen LogP contribution in [0.25, 0.3) is 0 Å². The number of nitrogens with one attached hydrogen (secondary N) is 1. The van der Waals surface area contributed by atoms with Gasteiger partial charge in [-0.05, 0) is 36.4 Å². The van der Waals surface area contributed by atoms with Crippen LogP contribution < -0.4 is 5.32 Å². The topological polar surface area (TPSA) is 24.9 Å². The normalized spacial score (nSPS) is 11.7. The van der Waals surface area contributed by atoms with Crippen molar-refractivity contribution >= 4 is 0 Å². The highest BCUT2D eigenvalue weighted by atomic mass is 14.8. The Bertz CT molecular complexity index is 262. The van der Waals surface area contributed by atoms with Crippen LogP contribution in [0.5, 0.6) is 0 Å². The molecule has 0 radical (unpaired) electrons. The number of rotatable bonds is 5. The van der Waals surface area contributed by atoms with Gasteiger partial charge in [0.05, 0.1) is 0 Å². The van der Waals surface area contributed by atoms with E-state index < -0.39 is 0 Å². The molecule has 0 aliphatic carbocycles. The van der Waals surface area contributed by atoms with Crippen LogP contribution in [-0.4, -0.2) is 11.5 Å². The van der Waals surface area contributed by atoms with E-state index in [1.165, 1.54) is 18.4 Å². The fraction of sp³-hybridized carbons (Fsp3) is 0.615.